The largest absolute Gasteiger partial charge is 0.355 e. The number of amides is 1. The molecule has 2 N–H and O–H groups in total. The van der Waals surface area contributed by atoms with Crippen LogP contribution in [0.2, 0.25) is 0 Å². The minimum absolute atomic E-state index is 0.216. The Morgan fingerprint density at radius 3 is 2.27 bits per heavy atom. The predicted molar refractivity (Wildman–Crippen MR) is 107 cm³/mol. The average molecular weight is 351 g/mol. The first-order chi connectivity index (χ1) is 12.7. The third-order valence-electron chi connectivity index (χ3n) is 5.56. The number of aryl methyl sites for hydroxylation is 1. The number of piperidine rings is 1. The van der Waals surface area contributed by atoms with Gasteiger partial charge in [0.25, 0.3) is 0 Å². The number of rotatable bonds is 7. The SMILES string of the molecule is CCc1ccc(CCNC(=O)C2(Cc3ccccc3)CCNCC2)cc1. The van der Waals surface area contributed by atoms with Gasteiger partial charge in [-0.1, -0.05) is 61.5 Å². The Morgan fingerprint density at radius 1 is 0.962 bits per heavy atom. The summed E-state index contributed by atoms with van der Waals surface area (Å²) >= 11 is 0. The molecule has 0 saturated carbocycles. The van der Waals surface area contributed by atoms with Crippen molar-refractivity contribution in [1.82, 2.24) is 10.6 Å². The van der Waals surface area contributed by atoms with Gasteiger partial charge in [0, 0.05) is 6.54 Å². The molecule has 2 aromatic carbocycles. The van der Waals surface area contributed by atoms with E-state index in [0.717, 1.165) is 45.2 Å². The summed E-state index contributed by atoms with van der Waals surface area (Å²) in [7, 11) is 0. The quantitative estimate of drug-likeness (QED) is 0.802. The summed E-state index contributed by atoms with van der Waals surface area (Å²) in [5.74, 6) is 0.216. The van der Waals surface area contributed by atoms with Gasteiger partial charge < -0.3 is 10.6 Å². The van der Waals surface area contributed by atoms with Crippen LogP contribution in [0.25, 0.3) is 0 Å². The summed E-state index contributed by atoms with van der Waals surface area (Å²) in [6.45, 7) is 4.70. The van der Waals surface area contributed by atoms with E-state index in [0.29, 0.717) is 6.54 Å². The molecule has 138 valence electrons. The van der Waals surface area contributed by atoms with E-state index in [1.807, 2.05) is 6.07 Å². The van der Waals surface area contributed by atoms with Crippen LogP contribution < -0.4 is 10.6 Å². The second-order valence-electron chi connectivity index (χ2n) is 7.37. The molecule has 2 aromatic rings. The normalized spacial score (nSPS) is 16.2. The third kappa shape index (κ3) is 4.73. The van der Waals surface area contributed by atoms with Crippen molar-refractivity contribution in [2.24, 2.45) is 5.41 Å². The van der Waals surface area contributed by atoms with Gasteiger partial charge in [0.05, 0.1) is 5.41 Å². The Bertz CT molecular complexity index is 688. The fourth-order valence-electron chi connectivity index (χ4n) is 3.83. The Balaban J connectivity index is 1.60. The van der Waals surface area contributed by atoms with Gasteiger partial charge in [0.2, 0.25) is 5.91 Å². The molecule has 0 atom stereocenters. The molecule has 1 saturated heterocycles. The standard InChI is InChI=1S/C23H30N2O/c1-2-19-8-10-20(11-9-19)12-15-25-22(26)23(13-16-24-17-14-23)18-21-6-4-3-5-7-21/h3-11,24H,2,12-18H2,1H3,(H,25,26). The molecule has 0 spiro atoms. The molecular weight excluding hydrogens is 320 g/mol. The first kappa shape index (κ1) is 18.7. The minimum atomic E-state index is -0.279. The van der Waals surface area contributed by atoms with Crippen LogP contribution in [-0.4, -0.2) is 25.5 Å². The summed E-state index contributed by atoms with van der Waals surface area (Å²) in [4.78, 5) is 13.1. The zero-order valence-corrected chi connectivity index (χ0v) is 15.8. The lowest BCUT2D eigenvalue weighted by Crippen LogP contribution is -2.49. The Labute approximate surface area is 157 Å². The summed E-state index contributed by atoms with van der Waals surface area (Å²) in [5, 5.41) is 6.62. The number of hydrogen-bond acceptors (Lipinski definition) is 2. The van der Waals surface area contributed by atoms with Gasteiger partial charge in [0.15, 0.2) is 0 Å². The zero-order chi connectivity index (χ0) is 18.2. The van der Waals surface area contributed by atoms with Gasteiger partial charge >= 0.3 is 0 Å². The van der Waals surface area contributed by atoms with Crippen molar-refractivity contribution in [3.8, 4) is 0 Å². The highest BCUT2D eigenvalue weighted by atomic mass is 16.2. The van der Waals surface area contributed by atoms with E-state index in [1.165, 1.54) is 16.7 Å². The predicted octanol–water partition coefficient (Wildman–Crippen LogP) is 3.52. The van der Waals surface area contributed by atoms with E-state index >= 15 is 0 Å². The highest BCUT2D eigenvalue weighted by molar-refractivity contribution is 5.83. The van der Waals surface area contributed by atoms with E-state index in [-0.39, 0.29) is 11.3 Å². The molecule has 26 heavy (non-hydrogen) atoms. The van der Waals surface area contributed by atoms with Gasteiger partial charge in [0.1, 0.15) is 0 Å². The van der Waals surface area contributed by atoms with Crippen LogP contribution in [0.1, 0.15) is 36.5 Å². The Kier molecular flexibility index (Phi) is 6.45. The lowest BCUT2D eigenvalue weighted by molar-refractivity contribution is -0.132. The molecular formula is C23H30N2O. The zero-order valence-electron chi connectivity index (χ0n) is 15.8. The van der Waals surface area contributed by atoms with Crippen molar-refractivity contribution in [3.63, 3.8) is 0 Å². The highest BCUT2D eigenvalue weighted by Crippen LogP contribution is 2.33. The highest BCUT2D eigenvalue weighted by Gasteiger charge is 2.39. The first-order valence-corrected chi connectivity index (χ1v) is 9.83. The number of benzene rings is 2. The van der Waals surface area contributed by atoms with Crippen molar-refractivity contribution >= 4 is 5.91 Å². The van der Waals surface area contributed by atoms with Crippen LogP contribution in [0.4, 0.5) is 0 Å². The maximum atomic E-state index is 13.1. The van der Waals surface area contributed by atoms with Crippen molar-refractivity contribution in [2.75, 3.05) is 19.6 Å². The second-order valence-corrected chi connectivity index (χ2v) is 7.37. The summed E-state index contributed by atoms with van der Waals surface area (Å²) in [5.41, 5.74) is 3.61. The van der Waals surface area contributed by atoms with Crippen molar-refractivity contribution in [2.45, 2.75) is 39.0 Å². The molecule has 1 fully saturated rings. The number of hydrogen-bond donors (Lipinski definition) is 2. The Hall–Kier alpha value is -2.13. The molecule has 0 aromatic heterocycles. The topological polar surface area (TPSA) is 41.1 Å². The fraction of sp³-hybridized carbons (Fsp3) is 0.435. The van der Waals surface area contributed by atoms with Crippen LogP contribution in [0.15, 0.2) is 54.6 Å². The van der Waals surface area contributed by atoms with E-state index < -0.39 is 0 Å². The lowest BCUT2D eigenvalue weighted by Gasteiger charge is -2.36. The number of carbonyl (C=O) groups is 1. The molecule has 0 unspecified atom stereocenters. The van der Waals surface area contributed by atoms with Gasteiger partial charge in [-0.2, -0.15) is 0 Å². The van der Waals surface area contributed by atoms with Crippen LogP contribution >= 0.6 is 0 Å². The molecule has 1 aliphatic rings. The van der Waals surface area contributed by atoms with Gasteiger partial charge in [-0.25, -0.2) is 0 Å². The Morgan fingerprint density at radius 2 is 1.62 bits per heavy atom. The van der Waals surface area contributed by atoms with Gasteiger partial charge in [-0.05, 0) is 61.9 Å². The molecule has 3 rings (SSSR count). The molecule has 0 bridgehead atoms. The maximum absolute atomic E-state index is 13.1. The first-order valence-electron chi connectivity index (χ1n) is 9.83. The lowest BCUT2D eigenvalue weighted by atomic mass is 9.73. The van der Waals surface area contributed by atoms with Crippen molar-refractivity contribution in [3.05, 3.63) is 71.3 Å². The summed E-state index contributed by atoms with van der Waals surface area (Å²) in [6.07, 6.45) is 4.58. The van der Waals surface area contributed by atoms with Gasteiger partial charge in [-0.3, -0.25) is 4.79 Å². The molecule has 3 heteroatoms. The fourth-order valence-corrected chi connectivity index (χ4v) is 3.83. The minimum Gasteiger partial charge on any atom is -0.355 e. The molecule has 0 aliphatic carbocycles. The van der Waals surface area contributed by atoms with Crippen LogP contribution in [0, 0.1) is 5.41 Å². The number of nitrogens with one attached hydrogen (secondary N) is 2. The van der Waals surface area contributed by atoms with Crippen LogP contribution in [0.5, 0.6) is 0 Å². The average Bonchev–Trinajstić information content (AvgIpc) is 2.70. The summed E-state index contributed by atoms with van der Waals surface area (Å²) in [6, 6.07) is 19.1. The van der Waals surface area contributed by atoms with E-state index in [9.17, 15) is 4.79 Å². The molecule has 1 heterocycles. The van der Waals surface area contributed by atoms with E-state index in [1.54, 1.807) is 0 Å². The molecule has 3 nitrogen and oxygen atoms in total. The molecule has 0 radical (unpaired) electrons. The van der Waals surface area contributed by atoms with Crippen molar-refractivity contribution < 1.29 is 4.79 Å². The molecule has 1 amide bonds. The van der Waals surface area contributed by atoms with Crippen LogP contribution in [0.3, 0.4) is 0 Å². The second kappa shape index (κ2) is 9.00. The monoisotopic (exact) mass is 350 g/mol. The number of carbonyl (C=O) groups excluding carboxylic acids is 1. The smallest absolute Gasteiger partial charge is 0.226 e. The third-order valence-corrected chi connectivity index (χ3v) is 5.56. The maximum Gasteiger partial charge on any atom is 0.226 e. The van der Waals surface area contributed by atoms with E-state index in [2.05, 4.69) is 66.1 Å². The van der Waals surface area contributed by atoms with Gasteiger partial charge in [-0.15, -0.1) is 0 Å². The summed E-state index contributed by atoms with van der Waals surface area (Å²) < 4.78 is 0. The van der Waals surface area contributed by atoms with Crippen molar-refractivity contribution in [1.29, 1.82) is 0 Å². The van der Waals surface area contributed by atoms with E-state index in [4.69, 9.17) is 0 Å². The molecule has 1 aliphatic heterocycles. The van der Waals surface area contributed by atoms with Crippen LogP contribution in [-0.2, 0) is 24.1 Å².